The van der Waals surface area contributed by atoms with Crippen LogP contribution in [0.15, 0.2) is 83.8 Å². The van der Waals surface area contributed by atoms with Gasteiger partial charge in [-0.05, 0) is 30.3 Å². The zero-order valence-corrected chi connectivity index (χ0v) is 13.7. The van der Waals surface area contributed by atoms with E-state index >= 15 is 0 Å². The van der Waals surface area contributed by atoms with Gasteiger partial charge in [0, 0.05) is 17.6 Å². The van der Waals surface area contributed by atoms with E-state index in [0.717, 1.165) is 5.39 Å². The molecular weight excluding hydrogens is 328 g/mol. The van der Waals surface area contributed by atoms with Crippen LogP contribution in [0.4, 0.5) is 5.69 Å². The van der Waals surface area contributed by atoms with Gasteiger partial charge in [0.15, 0.2) is 0 Å². The zero-order valence-electron chi connectivity index (χ0n) is 13.7. The Balaban J connectivity index is 1.70. The minimum atomic E-state index is -0.409. The highest BCUT2D eigenvalue weighted by Gasteiger charge is 2.12. The van der Waals surface area contributed by atoms with Gasteiger partial charge in [-0.3, -0.25) is 14.6 Å². The Morgan fingerprint density at radius 3 is 2.54 bits per heavy atom. The number of pyridine rings is 1. The molecule has 0 radical (unpaired) electrons. The number of rotatable bonds is 3. The van der Waals surface area contributed by atoms with Gasteiger partial charge in [-0.25, -0.2) is 0 Å². The third kappa shape index (κ3) is 2.95. The largest absolute Gasteiger partial charge is 0.319 e. The average molecular weight is 342 g/mol. The normalized spacial score (nSPS) is 10.6. The van der Waals surface area contributed by atoms with E-state index in [1.165, 1.54) is 16.8 Å². The van der Waals surface area contributed by atoms with E-state index < -0.39 is 5.91 Å². The number of para-hydroxylation sites is 2. The summed E-state index contributed by atoms with van der Waals surface area (Å²) in [6.45, 7) is 0. The summed E-state index contributed by atoms with van der Waals surface area (Å²) in [5.74, 6) is -0.409. The Morgan fingerprint density at radius 1 is 0.885 bits per heavy atom. The van der Waals surface area contributed by atoms with Crippen LogP contribution in [-0.4, -0.2) is 20.7 Å². The summed E-state index contributed by atoms with van der Waals surface area (Å²) >= 11 is 0. The van der Waals surface area contributed by atoms with E-state index in [9.17, 15) is 9.59 Å². The third-order valence-electron chi connectivity index (χ3n) is 3.91. The lowest BCUT2D eigenvalue weighted by Gasteiger charge is -2.09. The van der Waals surface area contributed by atoms with E-state index in [1.54, 1.807) is 36.5 Å². The van der Waals surface area contributed by atoms with Crippen LogP contribution in [0.2, 0.25) is 0 Å². The van der Waals surface area contributed by atoms with Crippen molar-refractivity contribution in [3.63, 3.8) is 0 Å². The van der Waals surface area contributed by atoms with Crippen LogP contribution >= 0.6 is 0 Å². The molecule has 0 saturated heterocycles. The van der Waals surface area contributed by atoms with Crippen molar-refractivity contribution in [3.8, 4) is 5.69 Å². The highest BCUT2D eigenvalue weighted by Crippen LogP contribution is 2.21. The second kappa shape index (κ2) is 6.60. The predicted octanol–water partition coefficient (Wildman–Crippen LogP) is 3.03. The quantitative estimate of drug-likeness (QED) is 0.621. The van der Waals surface area contributed by atoms with Gasteiger partial charge in [0.05, 0.1) is 16.9 Å². The van der Waals surface area contributed by atoms with E-state index in [1.807, 2.05) is 30.3 Å². The summed E-state index contributed by atoms with van der Waals surface area (Å²) in [5.41, 5.74) is 1.71. The number of aromatic nitrogens is 3. The molecule has 0 atom stereocenters. The van der Waals surface area contributed by atoms with E-state index in [4.69, 9.17) is 0 Å². The van der Waals surface area contributed by atoms with Crippen LogP contribution in [0.1, 0.15) is 10.5 Å². The molecule has 4 aromatic rings. The molecule has 126 valence electrons. The monoisotopic (exact) mass is 342 g/mol. The van der Waals surface area contributed by atoms with Crippen molar-refractivity contribution in [1.29, 1.82) is 0 Å². The molecule has 0 bridgehead atoms. The topological polar surface area (TPSA) is 76.9 Å². The molecule has 0 aliphatic carbocycles. The number of anilines is 1. The van der Waals surface area contributed by atoms with Crippen molar-refractivity contribution in [3.05, 3.63) is 95.0 Å². The zero-order chi connectivity index (χ0) is 17.9. The number of nitrogens with one attached hydrogen (secondary N) is 1. The van der Waals surface area contributed by atoms with Gasteiger partial charge in [0.1, 0.15) is 5.69 Å². The van der Waals surface area contributed by atoms with Gasteiger partial charge in [0.2, 0.25) is 0 Å². The van der Waals surface area contributed by atoms with Crippen molar-refractivity contribution in [2.45, 2.75) is 0 Å². The average Bonchev–Trinajstić information content (AvgIpc) is 2.69. The Morgan fingerprint density at radius 2 is 1.69 bits per heavy atom. The summed E-state index contributed by atoms with van der Waals surface area (Å²) in [6.07, 6.45) is 1.67. The Kier molecular flexibility index (Phi) is 3.99. The summed E-state index contributed by atoms with van der Waals surface area (Å²) in [5, 5.41) is 7.93. The van der Waals surface area contributed by atoms with Gasteiger partial charge in [-0.2, -0.15) is 9.78 Å². The molecule has 6 heteroatoms. The molecule has 0 unspecified atom stereocenters. The lowest BCUT2D eigenvalue weighted by atomic mass is 10.2. The fourth-order valence-electron chi connectivity index (χ4n) is 2.68. The van der Waals surface area contributed by atoms with E-state index in [-0.39, 0.29) is 11.3 Å². The van der Waals surface area contributed by atoms with Crippen LogP contribution in [-0.2, 0) is 0 Å². The molecule has 6 nitrogen and oxygen atoms in total. The maximum Gasteiger partial charge on any atom is 0.276 e. The molecule has 0 spiro atoms. The minimum absolute atomic E-state index is 0.140. The number of hydrogen-bond donors (Lipinski definition) is 1. The predicted molar refractivity (Wildman–Crippen MR) is 99.5 cm³/mol. The number of benzene rings is 2. The number of hydrogen-bond acceptors (Lipinski definition) is 4. The first-order valence-electron chi connectivity index (χ1n) is 8.03. The lowest BCUT2D eigenvalue weighted by molar-refractivity contribution is 0.102. The molecule has 1 N–H and O–H groups in total. The van der Waals surface area contributed by atoms with Gasteiger partial charge in [-0.15, -0.1) is 0 Å². The Labute approximate surface area is 148 Å². The van der Waals surface area contributed by atoms with Gasteiger partial charge in [-0.1, -0.05) is 36.4 Å². The number of nitrogens with zero attached hydrogens (tertiary/aromatic N) is 3. The van der Waals surface area contributed by atoms with Crippen molar-refractivity contribution < 1.29 is 4.79 Å². The Hall–Kier alpha value is -3.80. The first-order chi connectivity index (χ1) is 12.7. The molecular formula is C20H14N4O2. The SMILES string of the molecule is O=C(Nc1cccc2cccnc12)c1ccc(=O)n(-c2ccccc2)n1. The van der Waals surface area contributed by atoms with Crippen LogP contribution in [0.5, 0.6) is 0 Å². The molecule has 26 heavy (non-hydrogen) atoms. The van der Waals surface area contributed by atoms with Crippen LogP contribution in [0, 0.1) is 0 Å². The maximum atomic E-state index is 12.6. The van der Waals surface area contributed by atoms with Gasteiger partial charge >= 0.3 is 0 Å². The van der Waals surface area contributed by atoms with Crippen molar-refractivity contribution in [1.82, 2.24) is 14.8 Å². The summed E-state index contributed by atoms with van der Waals surface area (Å²) in [4.78, 5) is 29.0. The second-order valence-electron chi connectivity index (χ2n) is 5.64. The van der Waals surface area contributed by atoms with Crippen LogP contribution in [0.3, 0.4) is 0 Å². The van der Waals surface area contributed by atoms with Crippen molar-refractivity contribution in [2.24, 2.45) is 0 Å². The van der Waals surface area contributed by atoms with E-state index in [0.29, 0.717) is 16.9 Å². The maximum absolute atomic E-state index is 12.6. The third-order valence-corrected chi connectivity index (χ3v) is 3.91. The number of amides is 1. The molecule has 0 aliphatic heterocycles. The molecule has 2 aromatic heterocycles. The second-order valence-corrected chi connectivity index (χ2v) is 5.64. The first-order valence-corrected chi connectivity index (χ1v) is 8.03. The lowest BCUT2D eigenvalue weighted by Crippen LogP contribution is -2.24. The van der Waals surface area contributed by atoms with Gasteiger partial charge < -0.3 is 5.32 Å². The minimum Gasteiger partial charge on any atom is -0.319 e. The first kappa shape index (κ1) is 15.7. The molecule has 0 saturated carbocycles. The fourth-order valence-corrected chi connectivity index (χ4v) is 2.68. The highest BCUT2D eigenvalue weighted by atomic mass is 16.2. The standard InChI is InChI=1S/C20H14N4O2/c25-18-12-11-17(23-24(18)15-8-2-1-3-9-15)20(26)22-16-10-4-6-14-7-5-13-21-19(14)16/h1-13H,(H,22,26). The number of carbonyl (C=O) groups is 1. The smallest absolute Gasteiger partial charge is 0.276 e. The number of fused-ring (bicyclic) bond motifs is 1. The molecule has 1 amide bonds. The molecule has 2 heterocycles. The van der Waals surface area contributed by atoms with Crippen molar-refractivity contribution in [2.75, 3.05) is 5.32 Å². The molecule has 0 aliphatic rings. The highest BCUT2D eigenvalue weighted by molar-refractivity contribution is 6.07. The summed E-state index contributed by atoms with van der Waals surface area (Å²) in [7, 11) is 0. The van der Waals surface area contributed by atoms with Crippen LogP contribution < -0.4 is 10.9 Å². The molecule has 2 aromatic carbocycles. The molecule has 4 rings (SSSR count). The van der Waals surface area contributed by atoms with E-state index in [2.05, 4.69) is 15.4 Å². The Bertz CT molecular complexity index is 1150. The van der Waals surface area contributed by atoms with Crippen molar-refractivity contribution >= 4 is 22.5 Å². The summed E-state index contributed by atoms with van der Waals surface area (Å²) in [6, 6.07) is 21.0. The summed E-state index contributed by atoms with van der Waals surface area (Å²) < 4.78 is 1.20. The van der Waals surface area contributed by atoms with Gasteiger partial charge in [0.25, 0.3) is 11.5 Å². The number of carbonyl (C=O) groups excluding carboxylic acids is 1. The van der Waals surface area contributed by atoms with Crippen LogP contribution in [0.25, 0.3) is 16.6 Å². The molecule has 0 fully saturated rings. The fraction of sp³-hybridized carbons (Fsp3) is 0.